The molecule has 0 heterocycles. The van der Waals surface area contributed by atoms with E-state index in [1.54, 1.807) is 11.9 Å². The first-order chi connectivity index (χ1) is 8.51. The molecule has 0 unspecified atom stereocenters. The molecule has 0 saturated heterocycles. The van der Waals surface area contributed by atoms with Gasteiger partial charge in [0.25, 0.3) is 0 Å². The zero-order valence-corrected chi connectivity index (χ0v) is 13.6. The number of nitrogens with one attached hydrogen (secondary N) is 2. The number of ether oxygens (including phenoxy) is 1. The van der Waals surface area contributed by atoms with Gasteiger partial charge in [0, 0.05) is 38.8 Å². The van der Waals surface area contributed by atoms with Gasteiger partial charge in [-0.2, -0.15) is 0 Å². The van der Waals surface area contributed by atoms with Crippen LogP contribution >= 0.6 is 0 Å². The number of carbonyl (C=O) groups excluding carboxylic acids is 1. The van der Waals surface area contributed by atoms with Crippen LogP contribution in [0.15, 0.2) is 0 Å². The van der Waals surface area contributed by atoms with E-state index in [2.05, 4.69) is 31.4 Å². The van der Waals surface area contributed by atoms with Crippen LogP contribution in [0.5, 0.6) is 0 Å². The van der Waals surface area contributed by atoms with E-state index in [1.807, 2.05) is 20.8 Å². The molecule has 0 aromatic rings. The van der Waals surface area contributed by atoms with Crippen molar-refractivity contribution in [1.29, 1.82) is 0 Å². The average molecular weight is 273 g/mol. The predicted molar refractivity (Wildman–Crippen MR) is 79.5 cm³/mol. The number of amides is 1. The predicted octanol–water partition coefficient (Wildman–Crippen LogP) is 1.83. The highest BCUT2D eigenvalue weighted by atomic mass is 16.6. The van der Waals surface area contributed by atoms with Gasteiger partial charge in [0.2, 0.25) is 0 Å². The molecule has 0 fully saturated rings. The molecule has 0 aliphatic rings. The fourth-order valence-electron chi connectivity index (χ4n) is 1.33. The lowest BCUT2D eigenvalue weighted by Crippen LogP contribution is -2.42. The number of nitrogens with zero attached hydrogens (tertiary/aromatic N) is 1. The highest BCUT2D eigenvalue weighted by Gasteiger charge is 2.18. The van der Waals surface area contributed by atoms with Crippen molar-refractivity contribution in [3.8, 4) is 0 Å². The monoisotopic (exact) mass is 273 g/mol. The molecule has 0 aliphatic heterocycles. The van der Waals surface area contributed by atoms with Gasteiger partial charge in [0.05, 0.1) is 0 Å². The van der Waals surface area contributed by atoms with Crippen LogP contribution in [0, 0.1) is 0 Å². The third kappa shape index (κ3) is 12.0. The minimum absolute atomic E-state index is 0.148. The molecule has 0 radical (unpaired) electrons. The summed E-state index contributed by atoms with van der Waals surface area (Å²) in [7, 11) is 1.75. The minimum atomic E-state index is -0.435. The molecule has 19 heavy (non-hydrogen) atoms. The lowest BCUT2D eigenvalue weighted by molar-refractivity contribution is 0.0300. The van der Waals surface area contributed by atoms with Crippen molar-refractivity contribution in [2.75, 3.05) is 33.2 Å². The van der Waals surface area contributed by atoms with Crippen molar-refractivity contribution >= 4 is 6.09 Å². The molecule has 0 bridgehead atoms. The summed E-state index contributed by atoms with van der Waals surface area (Å²) in [4.78, 5) is 13.3. The molecule has 0 rings (SSSR count). The van der Waals surface area contributed by atoms with E-state index in [1.165, 1.54) is 0 Å². The Labute approximate surface area is 118 Å². The molecule has 0 aromatic carbocycles. The Balaban J connectivity index is 3.64. The molecule has 5 nitrogen and oxygen atoms in total. The van der Waals surface area contributed by atoms with Crippen LogP contribution < -0.4 is 10.6 Å². The fraction of sp³-hybridized carbons (Fsp3) is 0.929. The maximum absolute atomic E-state index is 11.7. The van der Waals surface area contributed by atoms with Crippen molar-refractivity contribution in [3.05, 3.63) is 0 Å². The molecule has 5 heteroatoms. The summed E-state index contributed by atoms with van der Waals surface area (Å²) in [5.74, 6) is 0. The van der Waals surface area contributed by atoms with Gasteiger partial charge in [-0.3, -0.25) is 0 Å². The van der Waals surface area contributed by atoms with E-state index in [4.69, 9.17) is 4.74 Å². The van der Waals surface area contributed by atoms with Gasteiger partial charge in [0.1, 0.15) is 5.60 Å². The standard InChI is InChI=1S/C14H31N3O2/c1-13(2,3)16-9-8-15-10-11-17(7)12(18)19-14(4,5)6/h15-16H,8-11H2,1-7H3. The Kier molecular flexibility index (Phi) is 7.37. The van der Waals surface area contributed by atoms with Gasteiger partial charge in [0.15, 0.2) is 0 Å². The van der Waals surface area contributed by atoms with Gasteiger partial charge < -0.3 is 20.3 Å². The average Bonchev–Trinajstić information content (AvgIpc) is 2.18. The molecule has 0 aromatic heterocycles. The summed E-state index contributed by atoms with van der Waals surface area (Å²) in [6.07, 6.45) is -0.276. The van der Waals surface area contributed by atoms with E-state index < -0.39 is 5.60 Å². The van der Waals surface area contributed by atoms with Gasteiger partial charge in [-0.25, -0.2) is 4.79 Å². The van der Waals surface area contributed by atoms with Crippen LogP contribution in [0.2, 0.25) is 0 Å². The molecular formula is C14H31N3O2. The maximum Gasteiger partial charge on any atom is 0.410 e. The van der Waals surface area contributed by atoms with Gasteiger partial charge >= 0.3 is 6.09 Å². The van der Waals surface area contributed by atoms with Crippen LogP contribution in [0.1, 0.15) is 41.5 Å². The summed E-state index contributed by atoms with van der Waals surface area (Å²) < 4.78 is 5.27. The topological polar surface area (TPSA) is 53.6 Å². The van der Waals surface area contributed by atoms with Crippen LogP contribution in [0.25, 0.3) is 0 Å². The number of carbonyl (C=O) groups is 1. The SMILES string of the molecule is CN(CCNCCNC(C)(C)C)C(=O)OC(C)(C)C. The number of likely N-dealkylation sites (N-methyl/N-ethyl adjacent to an activating group) is 1. The Hall–Kier alpha value is -0.810. The second-order valence-corrected chi connectivity index (χ2v) is 6.83. The van der Waals surface area contributed by atoms with Crippen LogP contribution in [0.3, 0.4) is 0 Å². The van der Waals surface area contributed by atoms with Crippen LogP contribution in [-0.2, 0) is 4.74 Å². The summed E-state index contributed by atoms with van der Waals surface area (Å²) in [6, 6.07) is 0. The Morgan fingerprint density at radius 3 is 2.11 bits per heavy atom. The van der Waals surface area contributed by atoms with Crippen molar-refractivity contribution in [1.82, 2.24) is 15.5 Å². The Morgan fingerprint density at radius 2 is 1.63 bits per heavy atom. The minimum Gasteiger partial charge on any atom is -0.444 e. The number of hydrogen-bond donors (Lipinski definition) is 2. The van der Waals surface area contributed by atoms with Crippen molar-refractivity contribution in [3.63, 3.8) is 0 Å². The summed E-state index contributed by atoms with van der Waals surface area (Å²) in [5, 5.41) is 6.69. The van der Waals surface area contributed by atoms with E-state index >= 15 is 0 Å². The van der Waals surface area contributed by atoms with Crippen molar-refractivity contribution in [2.24, 2.45) is 0 Å². The van der Waals surface area contributed by atoms with Gasteiger partial charge in [-0.15, -0.1) is 0 Å². The fourth-order valence-corrected chi connectivity index (χ4v) is 1.33. The lowest BCUT2D eigenvalue weighted by Gasteiger charge is -2.25. The molecule has 114 valence electrons. The first-order valence-corrected chi connectivity index (χ1v) is 6.91. The van der Waals surface area contributed by atoms with Gasteiger partial charge in [-0.1, -0.05) is 0 Å². The van der Waals surface area contributed by atoms with E-state index in [0.717, 1.165) is 19.6 Å². The zero-order valence-electron chi connectivity index (χ0n) is 13.6. The second kappa shape index (κ2) is 7.70. The first kappa shape index (κ1) is 18.2. The third-order valence-corrected chi connectivity index (χ3v) is 2.29. The van der Waals surface area contributed by atoms with Crippen molar-refractivity contribution in [2.45, 2.75) is 52.7 Å². The smallest absolute Gasteiger partial charge is 0.410 e. The largest absolute Gasteiger partial charge is 0.444 e. The van der Waals surface area contributed by atoms with Crippen LogP contribution in [0.4, 0.5) is 4.79 Å². The summed E-state index contributed by atoms with van der Waals surface area (Å²) in [5.41, 5.74) is -0.287. The van der Waals surface area contributed by atoms with E-state index in [0.29, 0.717) is 6.54 Å². The normalized spacial score (nSPS) is 12.4. The molecule has 2 N–H and O–H groups in total. The molecule has 0 aliphatic carbocycles. The highest BCUT2D eigenvalue weighted by Crippen LogP contribution is 2.08. The summed E-state index contributed by atoms with van der Waals surface area (Å²) in [6.45, 7) is 15.3. The van der Waals surface area contributed by atoms with Gasteiger partial charge in [-0.05, 0) is 41.5 Å². The molecule has 0 atom stereocenters. The van der Waals surface area contributed by atoms with Crippen LogP contribution in [-0.4, -0.2) is 55.4 Å². The quantitative estimate of drug-likeness (QED) is 0.725. The molecular weight excluding hydrogens is 242 g/mol. The number of rotatable bonds is 6. The molecule has 1 amide bonds. The lowest BCUT2D eigenvalue weighted by atomic mass is 10.1. The third-order valence-electron chi connectivity index (χ3n) is 2.29. The maximum atomic E-state index is 11.7. The van der Waals surface area contributed by atoms with E-state index in [-0.39, 0.29) is 11.6 Å². The summed E-state index contributed by atoms with van der Waals surface area (Å²) >= 11 is 0. The Morgan fingerprint density at radius 1 is 1.05 bits per heavy atom. The zero-order chi connectivity index (χ0) is 15.1. The highest BCUT2D eigenvalue weighted by molar-refractivity contribution is 5.67. The Bertz CT molecular complexity index is 267. The first-order valence-electron chi connectivity index (χ1n) is 6.91. The molecule has 0 spiro atoms. The second-order valence-electron chi connectivity index (χ2n) is 6.83. The number of hydrogen-bond acceptors (Lipinski definition) is 4. The molecule has 0 saturated carbocycles. The van der Waals surface area contributed by atoms with Crippen molar-refractivity contribution < 1.29 is 9.53 Å². The van der Waals surface area contributed by atoms with E-state index in [9.17, 15) is 4.79 Å².